The predicted molar refractivity (Wildman–Crippen MR) is 55.0 cm³/mol. The van der Waals surface area contributed by atoms with Crippen LogP contribution < -0.4 is 5.48 Å². The number of nitrogens with one attached hydrogen (secondary N) is 1. The van der Waals surface area contributed by atoms with Crippen LogP contribution >= 0.6 is 11.6 Å². The third kappa shape index (κ3) is 4.25. The lowest BCUT2D eigenvalue weighted by molar-refractivity contribution is -0.130. The zero-order valence-corrected chi connectivity index (χ0v) is 8.46. The molecule has 0 aliphatic rings. The van der Waals surface area contributed by atoms with E-state index in [9.17, 15) is 4.79 Å². The number of carbonyl (C=O) groups is 1. The molecule has 0 bridgehead atoms. The van der Waals surface area contributed by atoms with Gasteiger partial charge in [-0.3, -0.25) is 9.63 Å². The van der Waals surface area contributed by atoms with Crippen LogP contribution in [0.15, 0.2) is 30.3 Å². The first-order valence-corrected chi connectivity index (χ1v) is 4.87. The van der Waals surface area contributed by atoms with Crippen LogP contribution in [0.3, 0.4) is 0 Å². The molecule has 1 amide bonds. The minimum atomic E-state index is -0.320. The van der Waals surface area contributed by atoms with Crippen molar-refractivity contribution < 1.29 is 9.63 Å². The fourth-order valence-corrected chi connectivity index (χ4v) is 1.03. The highest BCUT2D eigenvalue weighted by Crippen LogP contribution is 1.98. The van der Waals surface area contributed by atoms with Gasteiger partial charge in [0.2, 0.25) is 0 Å². The lowest BCUT2D eigenvalue weighted by atomic mass is 10.2. The van der Waals surface area contributed by atoms with Gasteiger partial charge in [-0.25, -0.2) is 5.48 Å². The van der Waals surface area contributed by atoms with Crippen LogP contribution in [-0.2, 0) is 16.1 Å². The van der Waals surface area contributed by atoms with Crippen LogP contribution in [0.2, 0.25) is 0 Å². The molecule has 14 heavy (non-hydrogen) atoms. The summed E-state index contributed by atoms with van der Waals surface area (Å²) in [6.45, 7) is 0.451. The number of hydroxylamine groups is 1. The monoisotopic (exact) mass is 213 g/mol. The fourth-order valence-electron chi connectivity index (χ4n) is 0.972. The summed E-state index contributed by atoms with van der Waals surface area (Å²) >= 11 is 5.26. The second-order valence-corrected chi connectivity index (χ2v) is 3.01. The van der Waals surface area contributed by atoms with Gasteiger partial charge in [0.1, 0.15) is 5.88 Å². The van der Waals surface area contributed by atoms with Gasteiger partial charge in [0.05, 0.1) is 6.61 Å². The minimum Gasteiger partial charge on any atom is -0.273 e. The Morgan fingerprint density at radius 3 is 2.71 bits per heavy atom. The van der Waals surface area contributed by atoms with Crippen molar-refractivity contribution in [3.8, 4) is 0 Å². The summed E-state index contributed by atoms with van der Waals surface area (Å²) in [6, 6.07) is 9.90. The molecule has 3 nitrogen and oxygen atoms in total. The second kappa shape index (κ2) is 6.40. The van der Waals surface area contributed by atoms with E-state index < -0.39 is 0 Å². The first-order valence-electron chi connectivity index (χ1n) is 4.33. The third-order valence-corrected chi connectivity index (χ3v) is 1.89. The Morgan fingerprint density at radius 1 is 1.36 bits per heavy atom. The van der Waals surface area contributed by atoms with Crippen LogP contribution in [-0.4, -0.2) is 18.4 Å². The van der Waals surface area contributed by atoms with Crippen LogP contribution in [0.25, 0.3) is 0 Å². The van der Waals surface area contributed by atoms with Crippen molar-refractivity contribution in [3.63, 3.8) is 0 Å². The molecule has 1 rings (SSSR count). The Balaban J connectivity index is 2.13. The molecule has 0 aromatic heterocycles. The molecular formula is C10H12ClNO2. The largest absolute Gasteiger partial charge is 0.273 e. The van der Waals surface area contributed by atoms with E-state index in [0.29, 0.717) is 6.61 Å². The maximum atomic E-state index is 10.7. The Bertz CT molecular complexity index is 277. The van der Waals surface area contributed by atoms with E-state index in [1.165, 1.54) is 5.56 Å². The van der Waals surface area contributed by atoms with Gasteiger partial charge in [0, 0.05) is 0 Å². The molecule has 0 fully saturated rings. The Kier molecular flexibility index (Phi) is 5.04. The quantitative estimate of drug-likeness (QED) is 0.458. The van der Waals surface area contributed by atoms with Gasteiger partial charge in [0.15, 0.2) is 0 Å². The van der Waals surface area contributed by atoms with Gasteiger partial charge in [-0.05, 0) is 12.0 Å². The molecule has 0 atom stereocenters. The van der Waals surface area contributed by atoms with Crippen molar-refractivity contribution in [2.45, 2.75) is 6.42 Å². The first-order chi connectivity index (χ1) is 6.83. The number of rotatable bonds is 5. The van der Waals surface area contributed by atoms with E-state index in [2.05, 4.69) is 5.48 Å². The molecule has 0 aliphatic heterocycles. The molecule has 0 aliphatic carbocycles. The summed E-state index contributed by atoms with van der Waals surface area (Å²) in [4.78, 5) is 15.6. The summed E-state index contributed by atoms with van der Waals surface area (Å²) in [5.74, 6) is -0.398. The average molecular weight is 214 g/mol. The molecule has 0 spiro atoms. The number of amides is 1. The van der Waals surface area contributed by atoms with E-state index >= 15 is 0 Å². The number of benzene rings is 1. The van der Waals surface area contributed by atoms with Gasteiger partial charge in [-0.1, -0.05) is 30.3 Å². The molecule has 0 saturated carbocycles. The molecule has 76 valence electrons. The van der Waals surface area contributed by atoms with E-state index in [1.54, 1.807) is 0 Å². The highest BCUT2D eigenvalue weighted by molar-refractivity contribution is 6.27. The summed E-state index contributed by atoms with van der Waals surface area (Å²) in [5.41, 5.74) is 3.41. The average Bonchev–Trinajstić information content (AvgIpc) is 2.25. The topological polar surface area (TPSA) is 38.3 Å². The number of halogens is 1. The standard InChI is InChI=1S/C10H12ClNO2/c11-8-10(13)12-14-7-6-9-4-2-1-3-5-9/h1-5H,6-8H2,(H,12,13). The van der Waals surface area contributed by atoms with E-state index in [1.807, 2.05) is 30.3 Å². The lowest BCUT2D eigenvalue weighted by Crippen LogP contribution is -2.25. The van der Waals surface area contributed by atoms with Crippen LogP contribution in [0, 0.1) is 0 Å². The van der Waals surface area contributed by atoms with E-state index in [-0.39, 0.29) is 11.8 Å². The highest BCUT2D eigenvalue weighted by atomic mass is 35.5. The van der Waals surface area contributed by atoms with Crippen molar-refractivity contribution in [2.75, 3.05) is 12.5 Å². The van der Waals surface area contributed by atoms with Crippen molar-refractivity contribution in [2.24, 2.45) is 0 Å². The minimum absolute atomic E-state index is 0.0780. The molecule has 1 N–H and O–H groups in total. The van der Waals surface area contributed by atoms with Gasteiger partial charge < -0.3 is 0 Å². The lowest BCUT2D eigenvalue weighted by Gasteiger charge is -2.03. The second-order valence-electron chi connectivity index (χ2n) is 2.74. The SMILES string of the molecule is O=C(CCl)NOCCc1ccccc1. The van der Waals surface area contributed by atoms with Gasteiger partial charge in [-0.2, -0.15) is 0 Å². The van der Waals surface area contributed by atoms with Crippen LogP contribution in [0.4, 0.5) is 0 Å². The molecular weight excluding hydrogens is 202 g/mol. The maximum Gasteiger partial charge on any atom is 0.258 e. The maximum absolute atomic E-state index is 10.7. The number of alkyl halides is 1. The summed E-state index contributed by atoms with van der Waals surface area (Å²) < 4.78 is 0. The number of carbonyl (C=O) groups excluding carboxylic acids is 1. The molecule has 1 aromatic carbocycles. The molecule has 1 aromatic rings. The highest BCUT2D eigenvalue weighted by Gasteiger charge is 1.97. The zero-order chi connectivity index (χ0) is 10.2. The zero-order valence-electron chi connectivity index (χ0n) is 7.70. The molecule has 0 heterocycles. The molecule has 4 heteroatoms. The Morgan fingerprint density at radius 2 is 2.07 bits per heavy atom. The van der Waals surface area contributed by atoms with Crippen molar-refractivity contribution in [1.82, 2.24) is 5.48 Å². The summed E-state index contributed by atoms with van der Waals surface area (Å²) in [6.07, 6.45) is 0.767. The van der Waals surface area contributed by atoms with Gasteiger partial charge in [0.25, 0.3) is 5.91 Å². The fraction of sp³-hybridized carbons (Fsp3) is 0.300. The third-order valence-electron chi connectivity index (χ3n) is 1.64. The van der Waals surface area contributed by atoms with Crippen molar-refractivity contribution >= 4 is 17.5 Å². The molecule has 0 saturated heterocycles. The van der Waals surface area contributed by atoms with Gasteiger partial charge in [-0.15, -0.1) is 11.6 Å². The van der Waals surface area contributed by atoms with Crippen LogP contribution in [0.5, 0.6) is 0 Å². The Labute approximate surface area is 88.0 Å². The van der Waals surface area contributed by atoms with E-state index in [4.69, 9.17) is 16.4 Å². The molecule has 0 radical (unpaired) electrons. The van der Waals surface area contributed by atoms with Crippen molar-refractivity contribution in [3.05, 3.63) is 35.9 Å². The summed E-state index contributed by atoms with van der Waals surface area (Å²) in [7, 11) is 0. The smallest absolute Gasteiger partial charge is 0.258 e. The summed E-state index contributed by atoms with van der Waals surface area (Å²) in [5, 5.41) is 0. The van der Waals surface area contributed by atoms with Gasteiger partial charge >= 0.3 is 0 Å². The van der Waals surface area contributed by atoms with Crippen molar-refractivity contribution in [1.29, 1.82) is 0 Å². The molecule has 0 unspecified atom stereocenters. The number of hydrogen-bond acceptors (Lipinski definition) is 2. The van der Waals surface area contributed by atoms with E-state index in [0.717, 1.165) is 6.42 Å². The van der Waals surface area contributed by atoms with Crippen LogP contribution in [0.1, 0.15) is 5.56 Å². The Hall–Kier alpha value is -1.06. The number of hydrogen-bond donors (Lipinski definition) is 1. The predicted octanol–water partition coefficient (Wildman–Crippen LogP) is 1.52. The first kappa shape index (κ1) is 11.0. The normalized spacial score (nSPS) is 9.79.